The number of carbonyl (C=O) groups is 1. The van der Waals surface area contributed by atoms with Crippen molar-refractivity contribution in [3.05, 3.63) is 29.8 Å². The van der Waals surface area contributed by atoms with Crippen molar-refractivity contribution < 1.29 is 39.6 Å². The number of rotatable bonds is 3. The number of alkyl halides is 6. The van der Waals surface area contributed by atoms with Crippen LogP contribution in [0.5, 0.6) is 0 Å². The van der Waals surface area contributed by atoms with Crippen LogP contribution in [0.3, 0.4) is 0 Å². The van der Waals surface area contributed by atoms with Gasteiger partial charge in [-0.3, -0.25) is 0 Å². The number of amides is 2. The zero-order valence-electron chi connectivity index (χ0n) is 16.9. The van der Waals surface area contributed by atoms with Crippen molar-refractivity contribution >= 4 is 16.1 Å². The molecule has 2 aliphatic rings. The number of nitrogens with zero attached hydrogens (tertiary/aromatic N) is 2. The van der Waals surface area contributed by atoms with E-state index in [9.17, 15) is 39.6 Å². The maximum absolute atomic E-state index is 12.9. The number of benzene rings is 1. The molecule has 0 unspecified atom stereocenters. The van der Waals surface area contributed by atoms with Gasteiger partial charge in [-0.15, -0.1) is 0 Å². The summed E-state index contributed by atoms with van der Waals surface area (Å²) >= 11 is 0. The summed E-state index contributed by atoms with van der Waals surface area (Å²) < 4.78 is 103. The van der Waals surface area contributed by atoms with Crippen molar-refractivity contribution in [2.45, 2.75) is 49.0 Å². The SMILES string of the molecule is O=C(N[C@@H]1CCC[C@H](C(F)(F)F)C1)N1CCN(S(=O)(=O)c2ccc(C(F)(F)F)cc2)CC1. The Kier molecular flexibility index (Phi) is 6.99. The van der Waals surface area contributed by atoms with Crippen molar-refractivity contribution in [1.29, 1.82) is 0 Å². The standard InChI is InChI=1S/C19H23F6N3O3S/c20-18(21,22)13-4-6-16(7-5-13)32(30,31)28-10-8-27(9-11-28)17(29)26-15-3-1-2-14(12-15)19(23,24)25/h4-7,14-15H,1-3,8-12H2,(H,26,29)/t14-,15+/m0/s1. The Labute approximate surface area is 181 Å². The molecule has 2 atom stereocenters. The summed E-state index contributed by atoms with van der Waals surface area (Å²) in [4.78, 5) is 13.5. The Hall–Kier alpha value is -2.02. The Morgan fingerprint density at radius 2 is 1.53 bits per heavy atom. The predicted molar refractivity (Wildman–Crippen MR) is 102 cm³/mol. The van der Waals surface area contributed by atoms with Gasteiger partial charge in [-0.25, -0.2) is 13.2 Å². The van der Waals surface area contributed by atoms with E-state index in [1.807, 2.05) is 0 Å². The number of nitrogens with one attached hydrogen (secondary N) is 1. The van der Waals surface area contributed by atoms with E-state index in [2.05, 4.69) is 5.32 Å². The average Bonchev–Trinajstić information content (AvgIpc) is 2.73. The second-order valence-corrected chi connectivity index (χ2v) is 9.90. The molecule has 1 N–H and O–H groups in total. The fourth-order valence-corrected chi connectivity index (χ4v) is 5.40. The van der Waals surface area contributed by atoms with Crippen molar-refractivity contribution in [3.63, 3.8) is 0 Å². The normalized spacial score (nSPS) is 23.8. The number of hydrogen-bond donors (Lipinski definition) is 1. The van der Waals surface area contributed by atoms with Crippen LogP contribution in [0.15, 0.2) is 29.2 Å². The monoisotopic (exact) mass is 487 g/mol. The van der Waals surface area contributed by atoms with Gasteiger partial charge in [-0.05, 0) is 43.5 Å². The first-order valence-electron chi connectivity index (χ1n) is 10.1. The minimum atomic E-state index is -4.58. The molecule has 2 amide bonds. The van der Waals surface area contributed by atoms with Gasteiger partial charge in [0.25, 0.3) is 0 Å². The Morgan fingerprint density at radius 1 is 0.938 bits per heavy atom. The fourth-order valence-electron chi connectivity index (χ4n) is 3.98. The van der Waals surface area contributed by atoms with Crippen molar-refractivity contribution in [3.8, 4) is 0 Å². The van der Waals surface area contributed by atoms with E-state index in [0.717, 1.165) is 16.4 Å². The number of halogens is 6. The summed E-state index contributed by atoms with van der Waals surface area (Å²) in [5, 5.41) is 2.61. The molecular weight excluding hydrogens is 464 g/mol. The molecule has 1 aromatic carbocycles. The lowest BCUT2D eigenvalue weighted by atomic mass is 9.85. The lowest BCUT2D eigenvalue weighted by molar-refractivity contribution is -0.183. The molecule has 6 nitrogen and oxygen atoms in total. The van der Waals surface area contributed by atoms with Crippen LogP contribution in [0.4, 0.5) is 31.1 Å². The summed E-state index contributed by atoms with van der Waals surface area (Å²) in [6, 6.07) is 2.00. The van der Waals surface area contributed by atoms with Crippen molar-refractivity contribution in [1.82, 2.24) is 14.5 Å². The molecule has 180 valence electrons. The molecule has 1 heterocycles. The quantitative estimate of drug-likeness (QED) is 0.659. The molecule has 1 aliphatic carbocycles. The molecule has 1 aromatic rings. The molecule has 1 aliphatic heterocycles. The minimum absolute atomic E-state index is 0.0150. The molecule has 1 saturated carbocycles. The highest BCUT2D eigenvalue weighted by molar-refractivity contribution is 7.89. The number of sulfonamides is 1. The van der Waals surface area contributed by atoms with Crippen LogP contribution in [0, 0.1) is 5.92 Å². The van der Waals surface area contributed by atoms with Crippen LogP contribution in [-0.4, -0.2) is 62.1 Å². The summed E-state index contributed by atoms with van der Waals surface area (Å²) in [6.45, 7) is -0.124. The Morgan fingerprint density at radius 3 is 2.06 bits per heavy atom. The lowest BCUT2D eigenvalue weighted by Gasteiger charge is -2.36. The number of urea groups is 1. The third kappa shape index (κ3) is 5.66. The maximum Gasteiger partial charge on any atom is 0.416 e. The predicted octanol–water partition coefficient (Wildman–Crippen LogP) is 3.84. The van der Waals surface area contributed by atoms with Gasteiger partial charge in [0.2, 0.25) is 10.0 Å². The van der Waals surface area contributed by atoms with Gasteiger partial charge in [-0.1, -0.05) is 6.42 Å². The maximum atomic E-state index is 12.9. The molecular formula is C19H23F6N3O3S. The summed E-state index contributed by atoms with van der Waals surface area (Å²) in [6.07, 6.45) is -8.23. The minimum Gasteiger partial charge on any atom is -0.335 e. The highest BCUT2D eigenvalue weighted by Gasteiger charge is 2.42. The molecule has 0 aromatic heterocycles. The highest BCUT2D eigenvalue weighted by atomic mass is 32.2. The van der Waals surface area contributed by atoms with E-state index in [-0.39, 0.29) is 43.9 Å². The van der Waals surface area contributed by atoms with Crippen molar-refractivity contribution in [2.24, 2.45) is 5.92 Å². The van der Waals surface area contributed by atoms with Gasteiger partial charge in [0.1, 0.15) is 0 Å². The van der Waals surface area contributed by atoms with E-state index < -0.39 is 45.9 Å². The Bertz CT molecular complexity index is 910. The van der Waals surface area contributed by atoms with Gasteiger partial charge in [0.15, 0.2) is 0 Å². The number of hydrogen-bond acceptors (Lipinski definition) is 3. The van der Waals surface area contributed by atoms with Crippen LogP contribution in [-0.2, 0) is 16.2 Å². The topological polar surface area (TPSA) is 69.7 Å². The molecule has 0 spiro atoms. The zero-order chi connectivity index (χ0) is 23.7. The molecule has 3 rings (SSSR count). The molecule has 0 bridgehead atoms. The average molecular weight is 487 g/mol. The summed E-state index contributed by atoms with van der Waals surface area (Å²) in [5.41, 5.74) is -0.964. The summed E-state index contributed by atoms with van der Waals surface area (Å²) in [7, 11) is -4.04. The largest absolute Gasteiger partial charge is 0.416 e. The van der Waals surface area contributed by atoms with Gasteiger partial charge >= 0.3 is 18.4 Å². The van der Waals surface area contributed by atoms with E-state index in [1.165, 1.54) is 4.90 Å². The van der Waals surface area contributed by atoms with Gasteiger partial charge < -0.3 is 10.2 Å². The first-order valence-corrected chi connectivity index (χ1v) is 11.5. The number of piperazine rings is 1. The second-order valence-electron chi connectivity index (χ2n) is 7.96. The van der Waals surface area contributed by atoms with E-state index >= 15 is 0 Å². The van der Waals surface area contributed by atoms with Gasteiger partial charge in [0.05, 0.1) is 16.4 Å². The van der Waals surface area contributed by atoms with Crippen LogP contribution in [0.25, 0.3) is 0 Å². The Balaban J connectivity index is 1.55. The molecule has 13 heteroatoms. The lowest BCUT2D eigenvalue weighted by Crippen LogP contribution is -2.55. The van der Waals surface area contributed by atoms with Crippen LogP contribution in [0.2, 0.25) is 0 Å². The second kappa shape index (κ2) is 9.08. The third-order valence-corrected chi connectivity index (χ3v) is 7.72. The molecule has 32 heavy (non-hydrogen) atoms. The number of carbonyl (C=O) groups excluding carboxylic acids is 1. The summed E-state index contributed by atoms with van der Waals surface area (Å²) in [5.74, 6) is -1.45. The molecule has 2 fully saturated rings. The fraction of sp³-hybridized carbons (Fsp3) is 0.632. The van der Waals surface area contributed by atoms with E-state index in [0.29, 0.717) is 25.0 Å². The molecule has 0 radical (unpaired) electrons. The first kappa shape index (κ1) is 24.6. The first-order chi connectivity index (χ1) is 14.8. The van der Waals surface area contributed by atoms with Gasteiger partial charge in [0, 0.05) is 32.2 Å². The van der Waals surface area contributed by atoms with Crippen LogP contribution in [0.1, 0.15) is 31.2 Å². The van der Waals surface area contributed by atoms with Gasteiger partial charge in [-0.2, -0.15) is 30.6 Å². The van der Waals surface area contributed by atoms with E-state index in [4.69, 9.17) is 0 Å². The van der Waals surface area contributed by atoms with E-state index in [1.54, 1.807) is 0 Å². The molecule has 1 saturated heterocycles. The third-order valence-electron chi connectivity index (χ3n) is 5.81. The van der Waals surface area contributed by atoms with Crippen LogP contribution < -0.4 is 5.32 Å². The highest BCUT2D eigenvalue weighted by Crippen LogP contribution is 2.37. The van der Waals surface area contributed by atoms with Crippen LogP contribution >= 0.6 is 0 Å². The smallest absolute Gasteiger partial charge is 0.335 e. The zero-order valence-corrected chi connectivity index (χ0v) is 17.7. The van der Waals surface area contributed by atoms with Crippen molar-refractivity contribution in [2.75, 3.05) is 26.2 Å².